The number of nitrogens with zero attached hydrogens (tertiary/aromatic N) is 1. The summed E-state index contributed by atoms with van der Waals surface area (Å²) in [6.07, 6.45) is 4.23. The molecular weight excluding hydrogens is 218 g/mol. The van der Waals surface area contributed by atoms with Crippen molar-refractivity contribution >= 4 is 11.4 Å². The molecule has 1 saturated carbocycles. The third kappa shape index (κ3) is 3.17. The van der Waals surface area contributed by atoms with E-state index in [1.807, 2.05) is 0 Å². The Labute approximate surface area is 100 Å². The van der Waals surface area contributed by atoms with Gasteiger partial charge in [-0.3, -0.25) is 10.1 Å². The minimum Gasteiger partial charge on any atom is -0.382 e. The highest BCUT2D eigenvalue weighted by molar-refractivity contribution is 5.49. The largest absolute Gasteiger partial charge is 0.382 e. The Morgan fingerprint density at radius 2 is 1.76 bits per heavy atom. The van der Waals surface area contributed by atoms with Crippen LogP contribution in [-0.2, 0) is 0 Å². The van der Waals surface area contributed by atoms with Crippen LogP contribution in [0.2, 0.25) is 0 Å². The van der Waals surface area contributed by atoms with E-state index in [1.54, 1.807) is 12.1 Å². The first-order chi connectivity index (χ1) is 8.15. The van der Waals surface area contributed by atoms with Gasteiger partial charge in [0.1, 0.15) is 0 Å². The fourth-order valence-electron chi connectivity index (χ4n) is 2.18. The number of nitrogens with two attached hydrogens (primary N) is 1. The van der Waals surface area contributed by atoms with E-state index in [-0.39, 0.29) is 10.6 Å². The Kier molecular flexibility index (Phi) is 3.58. The molecule has 1 aliphatic rings. The Morgan fingerprint density at radius 3 is 2.29 bits per heavy atom. The molecule has 0 aromatic heterocycles. The molecular formula is C12H17N3O2. The van der Waals surface area contributed by atoms with Crippen molar-refractivity contribution in [3.8, 4) is 0 Å². The van der Waals surface area contributed by atoms with Gasteiger partial charge in [-0.2, -0.15) is 0 Å². The zero-order valence-electron chi connectivity index (χ0n) is 9.63. The van der Waals surface area contributed by atoms with Crippen LogP contribution < -0.4 is 11.1 Å². The number of non-ortho nitro benzene ring substituents is 1. The molecule has 5 heteroatoms. The zero-order valence-corrected chi connectivity index (χ0v) is 9.63. The summed E-state index contributed by atoms with van der Waals surface area (Å²) in [4.78, 5) is 10.1. The van der Waals surface area contributed by atoms with Crippen molar-refractivity contribution in [2.75, 3.05) is 5.32 Å². The van der Waals surface area contributed by atoms with Gasteiger partial charge in [0.25, 0.3) is 5.69 Å². The molecule has 0 spiro atoms. The summed E-state index contributed by atoms with van der Waals surface area (Å²) in [5, 5.41) is 13.9. The third-order valence-corrected chi connectivity index (χ3v) is 3.22. The van der Waals surface area contributed by atoms with Crippen LogP contribution in [-0.4, -0.2) is 17.0 Å². The highest BCUT2D eigenvalue weighted by Gasteiger charge is 2.18. The number of anilines is 1. The first-order valence-electron chi connectivity index (χ1n) is 5.92. The second-order valence-electron chi connectivity index (χ2n) is 4.56. The Hall–Kier alpha value is -1.62. The van der Waals surface area contributed by atoms with Crippen molar-refractivity contribution in [1.29, 1.82) is 0 Å². The number of nitrogens with one attached hydrogen (secondary N) is 1. The highest BCUT2D eigenvalue weighted by atomic mass is 16.6. The molecule has 92 valence electrons. The molecule has 5 nitrogen and oxygen atoms in total. The molecule has 0 bridgehead atoms. The van der Waals surface area contributed by atoms with Crippen molar-refractivity contribution in [2.24, 2.45) is 5.73 Å². The molecule has 1 aliphatic carbocycles. The van der Waals surface area contributed by atoms with E-state index < -0.39 is 0 Å². The zero-order chi connectivity index (χ0) is 12.3. The quantitative estimate of drug-likeness (QED) is 0.622. The summed E-state index contributed by atoms with van der Waals surface area (Å²) in [6.45, 7) is 0. The second kappa shape index (κ2) is 5.14. The van der Waals surface area contributed by atoms with Gasteiger partial charge >= 0.3 is 0 Å². The lowest BCUT2D eigenvalue weighted by molar-refractivity contribution is -0.384. The van der Waals surface area contributed by atoms with Crippen molar-refractivity contribution in [1.82, 2.24) is 0 Å². The Morgan fingerprint density at radius 1 is 1.18 bits per heavy atom. The van der Waals surface area contributed by atoms with Crippen LogP contribution in [0.1, 0.15) is 25.7 Å². The summed E-state index contributed by atoms with van der Waals surface area (Å²) < 4.78 is 0. The van der Waals surface area contributed by atoms with Gasteiger partial charge in [0.2, 0.25) is 0 Å². The molecule has 0 heterocycles. The van der Waals surface area contributed by atoms with E-state index in [4.69, 9.17) is 5.73 Å². The lowest BCUT2D eigenvalue weighted by atomic mass is 9.92. The monoisotopic (exact) mass is 235 g/mol. The molecule has 0 atom stereocenters. The average molecular weight is 235 g/mol. The van der Waals surface area contributed by atoms with Gasteiger partial charge in [-0.1, -0.05) is 0 Å². The molecule has 0 saturated heterocycles. The summed E-state index contributed by atoms with van der Waals surface area (Å²) in [6, 6.07) is 7.34. The van der Waals surface area contributed by atoms with E-state index in [9.17, 15) is 10.1 Å². The van der Waals surface area contributed by atoms with Gasteiger partial charge in [-0.25, -0.2) is 0 Å². The van der Waals surface area contributed by atoms with Gasteiger partial charge in [-0.15, -0.1) is 0 Å². The third-order valence-electron chi connectivity index (χ3n) is 3.22. The fourth-order valence-corrected chi connectivity index (χ4v) is 2.18. The van der Waals surface area contributed by atoms with Gasteiger partial charge in [0.15, 0.2) is 0 Å². The smallest absolute Gasteiger partial charge is 0.269 e. The SMILES string of the molecule is N[C@H]1CC[C@H](Nc2ccc([N+](=O)[O-])cc2)CC1. The van der Waals surface area contributed by atoms with Crippen LogP contribution in [0.4, 0.5) is 11.4 Å². The molecule has 17 heavy (non-hydrogen) atoms. The second-order valence-corrected chi connectivity index (χ2v) is 4.56. The van der Waals surface area contributed by atoms with Gasteiger partial charge in [0.05, 0.1) is 4.92 Å². The summed E-state index contributed by atoms with van der Waals surface area (Å²) in [5.74, 6) is 0. The molecule has 1 fully saturated rings. The number of hydrogen-bond acceptors (Lipinski definition) is 4. The molecule has 0 unspecified atom stereocenters. The lowest BCUT2D eigenvalue weighted by Gasteiger charge is -2.27. The van der Waals surface area contributed by atoms with Crippen LogP contribution in [0, 0.1) is 10.1 Å². The van der Waals surface area contributed by atoms with Crippen LogP contribution in [0.3, 0.4) is 0 Å². The van der Waals surface area contributed by atoms with Crippen LogP contribution >= 0.6 is 0 Å². The van der Waals surface area contributed by atoms with Gasteiger partial charge in [0, 0.05) is 29.9 Å². The number of rotatable bonds is 3. The molecule has 0 aliphatic heterocycles. The van der Waals surface area contributed by atoms with E-state index in [0.717, 1.165) is 31.4 Å². The van der Waals surface area contributed by atoms with E-state index in [0.29, 0.717) is 12.1 Å². The van der Waals surface area contributed by atoms with E-state index in [2.05, 4.69) is 5.32 Å². The Balaban J connectivity index is 1.92. The maximum Gasteiger partial charge on any atom is 0.269 e. The van der Waals surface area contributed by atoms with Crippen LogP contribution in [0.25, 0.3) is 0 Å². The standard InChI is InChI=1S/C12H17N3O2/c13-9-1-3-10(4-2-9)14-11-5-7-12(8-6-11)15(16)17/h5-10,14H,1-4,13H2/t9-,10-. The van der Waals surface area contributed by atoms with Gasteiger partial charge < -0.3 is 11.1 Å². The minimum absolute atomic E-state index is 0.126. The predicted octanol–water partition coefficient (Wildman–Crippen LogP) is 2.28. The number of nitro groups is 1. The van der Waals surface area contributed by atoms with Crippen LogP contribution in [0.15, 0.2) is 24.3 Å². The number of nitro benzene ring substituents is 1. The first kappa shape index (κ1) is 11.9. The average Bonchev–Trinajstić information content (AvgIpc) is 2.33. The van der Waals surface area contributed by atoms with Gasteiger partial charge in [-0.05, 0) is 37.8 Å². The maximum atomic E-state index is 10.5. The summed E-state index contributed by atoms with van der Waals surface area (Å²) in [5.41, 5.74) is 6.91. The summed E-state index contributed by atoms with van der Waals surface area (Å²) in [7, 11) is 0. The van der Waals surface area contributed by atoms with Crippen molar-refractivity contribution < 1.29 is 4.92 Å². The fraction of sp³-hybridized carbons (Fsp3) is 0.500. The first-order valence-corrected chi connectivity index (χ1v) is 5.92. The van der Waals surface area contributed by atoms with Crippen LogP contribution in [0.5, 0.6) is 0 Å². The number of benzene rings is 1. The molecule has 0 radical (unpaired) electrons. The number of hydrogen-bond donors (Lipinski definition) is 2. The highest BCUT2D eigenvalue weighted by Crippen LogP contribution is 2.22. The lowest BCUT2D eigenvalue weighted by Crippen LogP contribution is -2.32. The molecule has 3 N–H and O–H groups in total. The van der Waals surface area contributed by atoms with Crippen molar-refractivity contribution in [3.63, 3.8) is 0 Å². The van der Waals surface area contributed by atoms with Crippen molar-refractivity contribution in [3.05, 3.63) is 34.4 Å². The molecule has 2 rings (SSSR count). The molecule has 1 aromatic carbocycles. The maximum absolute atomic E-state index is 10.5. The van der Waals surface area contributed by atoms with E-state index >= 15 is 0 Å². The minimum atomic E-state index is -0.386. The molecule has 1 aromatic rings. The van der Waals surface area contributed by atoms with E-state index in [1.165, 1.54) is 12.1 Å². The summed E-state index contributed by atoms with van der Waals surface area (Å²) >= 11 is 0. The Bertz CT molecular complexity index is 383. The normalized spacial score (nSPS) is 24.3. The van der Waals surface area contributed by atoms with Crippen molar-refractivity contribution in [2.45, 2.75) is 37.8 Å². The topological polar surface area (TPSA) is 81.2 Å². The molecule has 0 amide bonds. The predicted molar refractivity (Wildman–Crippen MR) is 67.0 cm³/mol.